The molecule has 1 fully saturated rings. The number of carbonyl (C=O) groups is 1. The SMILES string of the molecule is C#CCCC1(CCC(=O)NCC2(c3ccccc3F)CCC2)N=N1. The zero-order chi connectivity index (χ0) is 17.0. The second-order valence-corrected chi connectivity index (χ2v) is 6.78. The Labute approximate surface area is 141 Å². The molecule has 126 valence electrons. The van der Waals surface area contributed by atoms with Crippen LogP contribution in [0.4, 0.5) is 4.39 Å². The molecule has 0 spiro atoms. The Kier molecular flexibility index (Phi) is 4.66. The van der Waals surface area contributed by atoms with Crippen LogP contribution in [-0.4, -0.2) is 18.1 Å². The van der Waals surface area contributed by atoms with Crippen LogP contribution in [0.25, 0.3) is 0 Å². The summed E-state index contributed by atoms with van der Waals surface area (Å²) < 4.78 is 14.1. The van der Waals surface area contributed by atoms with Gasteiger partial charge in [-0.25, -0.2) is 4.39 Å². The molecule has 0 bridgehead atoms. The van der Waals surface area contributed by atoms with E-state index in [1.807, 2.05) is 12.1 Å². The van der Waals surface area contributed by atoms with Crippen molar-refractivity contribution in [2.24, 2.45) is 10.2 Å². The molecule has 1 N–H and O–H groups in total. The third kappa shape index (κ3) is 3.48. The Balaban J connectivity index is 1.51. The van der Waals surface area contributed by atoms with E-state index in [4.69, 9.17) is 6.42 Å². The topological polar surface area (TPSA) is 53.8 Å². The Morgan fingerprint density at radius 2 is 2.04 bits per heavy atom. The number of hydrogen-bond donors (Lipinski definition) is 1. The van der Waals surface area contributed by atoms with Gasteiger partial charge in [0, 0.05) is 37.6 Å². The van der Waals surface area contributed by atoms with Crippen molar-refractivity contribution in [2.45, 2.75) is 56.0 Å². The molecule has 0 saturated heterocycles. The maximum Gasteiger partial charge on any atom is 0.220 e. The minimum absolute atomic E-state index is 0.0324. The summed E-state index contributed by atoms with van der Waals surface area (Å²) in [6.07, 6.45) is 10.4. The number of rotatable bonds is 8. The first-order chi connectivity index (χ1) is 11.6. The first-order valence-electron chi connectivity index (χ1n) is 8.48. The Hall–Kier alpha value is -2.22. The van der Waals surface area contributed by atoms with E-state index in [-0.39, 0.29) is 17.1 Å². The highest BCUT2D eigenvalue weighted by Gasteiger charge is 2.41. The Morgan fingerprint density at radius 3 is 2.62 bits per heavy atom. The lowest BCUT2D eigenvalue weighted by molar-refractivity contribution is -0.121. The lowest BCUT2D eigenvalue weighted by Crippen LogP contribution is -2.46. The van der Waals surface area contributed by atoms with Gasteiger partial charge in [0.25, 0.3) is 0 Å². The van der Waals surface area contributed by atoms with E-state index in [9.17, 15) is 9.18 Å². The van der Waals surface area contributed by atoms with Crippen molar-refractivity contribution in [3.63, 3.8) is 0 Å². The van der Waals surface area contributed by atoms with Gasteiger partial charge in [0.05, 0.1) is 0 Å². The largest absolute Gasteiger partial charge is 0.355 e. The fourth-order valence-electron chi connectivity index (χ4n) is 3.37. The highest BCUT2D eigenvalue weighted by molar-refractivity contribution is 5.76. The van der Waals surface area contributed by atoms with Gasteiger partial charge >= 0.3 is 0 Å². The summed E-state index contributed by atoms with van der Waals surface area (Å²) in [5, 5.41) is 11.1. The standard InChI is InChI=1S/C19H22FN3O/c1-2-3-12-19(22-23-19)13-9-17(24)21-14-18(10-6-11-18)15-7-4-5-8-16(15)20/h1,4-5,7-8H,3,6,9-14H2,(H,21,24). The molecule has 1 aliphatic heterocycles. The van der Waals surface area contributed by atoms with Crippen LogP contribution in [0, 0.1) is 18.2 Å². The predicted molar refractivity (Wildman–Crippen MR) is 89.8 cm³/mol. The number of carbonyl (C=O) groups excluding carboxylic acids is 1. The highest BCUT2D eigenvalue weighted by Crippen LogP contribution is 2.44. The smallest absolute Gasteiger partial charge is 0.220 e. The number of halogens is 1. The Morgan fingerprint density at radius 1 is 1.29 bits per heavy atom. The zero-order valence-electron chi connectivity index (χ0n) is 13.7. The molecular formula is C19H22FN3O. The molecule has 1 saturated carbocycles. The summed E-state index contributed by atoms with van der Waals surface area (Å²) >= 11 is 0. The molecule has 1 heterocycles. The van der Waals surface area contributed by atoms with E-state index < -0.39 is 5.66 Å². The van der Waals surface area contributed by atoms with E-state index in [0.29, 0.717) is 37.8 Å². The number of hydrogen-bond acceptors (Lipinski definition) is 3. The summed E-state index contributed by atoms with van der Waals surface area (Å²) in [6.45, 7) is 0.485. The van der Waals surface area contributed by atoms with Gasteiger partial charge < -0.3 is 5.32 Å². The zero-order valence-corrected chi connectivity index (χ0v) is 13.7. The number of nitrogens with one attached hydrogen (secondary N) is 1. The van der Waals surface area contributed by atoms with Gasteiger partial charge in [0.15, 0.2) is 5.66 Å². The van der Waals surface area contributed by atoms with Crippen molar-refractivity contribution in [3.05, 3.63) is 35.6 Å². The van der Waals surface area contributed by atoms with Crippen molar-refractivity contribution in [3.8, 4) is 12.3 Å². The molecule has 3 rings (SSSR count). The molecule has 0 atom stereocenters. The van der Waals surface area contributed by atoms with Gasteiger partial charge in [-0.1, -0.05) is 24.6 Å². The normalized spacial score (nSPS) is 19.2. The first-order valence-corrected chi connectivity index (χ1v) is 8.48. The van der Waals surface area contributed by atoms with E-state index in [0.717, 1.165) is 19.3 Å². The van der Waals surface area contributed by atoms with E-state index in [2.05, 4.69) is 21.5 Å². The molecule has 24 heavy (non-hydrogen) atoms. The molecule has 0 radical (unpaired) electrons. The van der Waals surface area contributed by atoms with Crippen molar-refractivity contribution in [2.75, 3.05) is 6.54 Å². The van der Waals surface area contributed by atoms with Crippen molar-refractivity contribution in [1.29, 1.82) is 0 Å². The quantitative estimate of drug-likeness (QED) is 0.727. The average Bonchev–Trinajstić information content (AvgIpc) is 3.32. The van der Waals surface area contributed by atoms with E-state index >= 15 is 0 Å². The lowest BCUT2D eigenvalue weighted by Gasteiger charge is -2.42. The molecule has 4 nitrogen and oxygen atoms in total. The minimum atomic E-state index is -0.427. The van der Waals surface area contributed by atoms with Crippen LogP contribution in [0.5, 0.6) is 0 Å². The fourth-order valence-corrected chi connectivity index (χ4v) is 3.37. The van der Waals surface area contributed by atoms with Crippen LogP contribution < -0.4 is 5.32 Å². The number of benzene rings is 1. The summed E-state index contributed by atoms with van der Waals surface area (Å²) in [7, 11) is 0. The molecule has 1 aromatic carbocycles. The summed E-state index contributed by atoms with van der Waals surface area (Å²) in [4.78, 5) is 12.2. The van der Waals surface area contributed by atoms with Crippen molar-refractivity contribution < 1.29 is 9.18 Å². The second kappa shape index (κ2) is 6.72. The van der Waals surface area contributed by atoms with Gasteiger partial charge in [-0.2, -0.15) is 10.2 Å². The van der Waals surface area contributed by atoms with Crippen LogP contribution in [0.15, 0.2) is 34.5 Å². The minimum Gasteiger partial charge on any atom is -0.355 e. The molecule has 0 aromatic heterocycles. The van der Waals surface area contributed by atoms with Gasteiger partial charge in [-0.05, 0) is 24.5 Å². The molecule has 5 heteroatoms. The van der Waals surface area contributed by atoms with Gasteiger partial charge in [0.2, 0.25) is 5.91 Å². The monoisotopic (exact) mass is 327 g/mol. The number of nitrogens with zero attached hydrogens (tertiary/aromatic N) is 2. The van der Waals surface area contributed by atoms with Crippen molar-refractivity contribution in [1.82, 2.24) is 5.32 Å². The van der Waals surface area contributed by atoms with Crippen LogP contribution in [0.1, 0.15) is 50.5 Å². The van der Waals surface area contributed by atoms with Gasteiger partial charge in [0.1, 0.15) is 5.82 Å². The molecule has 1 aromatic rings. The van der Waals surface area contributed by atoms with E-state index in [1.165, 1.54) is 6.07 Å². The maximum atomic E-state index is 14.1. The summed E-state index contributed by atoms with van der Waals surface area (Å²) in [6, 6.07) is 6.87. The van der Waals surface area contributed by atoms with Crippen LogP contribution in [0.2, 0.25) is 0 Å². The van der Waals surface area contributed by atoms with Crippen LogP contribution in [0.3, 0.4) is 0 Å². The van der Waals surface area contributed by atoms with Gasteiger partial charge in [-0.15, -0.1) is 12.3 Å². The molecular weight excluding hydrogens is 305 g/mol. The third-order valence-corrected chi connectivity index (χ3v) is 5.18. The lowest BCUT2D eigenvalue weighted by atomic mass is 9.64. The average molecular weight is 327 g/mol. The first kappa shape index (κ1) is 16.6. The Bertz CT molecular complexity index is 682. The van der Waals surface area contributed by atoms with Crippen LogP contribution >= 0.6 is 0 Å². The van der Waals surface area contributed by atoms with Crippen molar-refractivity contribution >= 4 is 5.91 Å². The molecule has 1 aliphatic carbocycles. The molecule has 1 amide bonds. The number of terminal acetylenes is 1. The number of amides is 1. The maximum absolute atomic E-state index is 14.1. The molecule has 2 aliphatic rings. The van der Waals surface area contributed by atoms with Gasteiger partial charge in [-0.3, -0.25) is 4.79 Å². The summed E-state index contributed by atoms with van der Waals surface area (Å²) in [5.74, 6) is 2.36. The molecule has 0 unspecified atom stereocenters. The van der Waals surface area contributed by atoms with Crippen LogP contribution in [-0.2, 0) is 10.2 Å². The third-order valence-electron chi connectivity index (χ3n) is 5.18. The fraction of sp³-hybridized carbons (Fsp3) is 0.526. The second-order valence-electron chi connectivity index (χ2n) is 6.78. The summed E-state index contributed by atoms with van der Waals surface area (Å²) in [5.41, 5.74) is 0.0362. The predicted octanol–water partition coefficient (Wildman–Crippen LogP) is 3.72. The van der Waals surface area contributed by atoms with E-state index in [1.54, 1.807) is 6.07 Å². The highest BCUT2D eigenvalue weighted by atomic mass is 19.1.